The first-order valence-electron chi connectivity index (χ1n) is 7.03. The molecular weight excluding hydrogens is 304 g/mol. The topological polar surface area (TPSA) is 79.2 Å². The van der Waals surface area contributed by atoms with E-state index in [2.05, 4.69) is 29.6 Å². The first-order chi connectivity index (χ1) is 10.4. The number of nitrogens with zero attached hydrogens (tertiary/aromatic N) is 2. The summed E-state index contributed by atoms with van der Waals surface area (Å²) < 4.78 is 1.88. The molecule has 7 heteroatoms. The quantitative estimate of drug-likeness (QED) is 0.739. The van der Waals surface area contributed by atoms with E-state index in [1.807, 2.05) is 11.6 Å². The molecule has 0 aliphatic heterocycles. The zero-order valence-electron chi connectivity index (χ0n) is 12.7. The van der Waals surface area contributed by atoms with Crippen LogP contribution in [0, 0.1) is 6.92 Å². The predicted molar refractivity (Wildman–Crippen MR) is 87.7 cm³/mol. The molecule has 1 atom stereocenters. The molecule has 118 valence electrons. The number of benzene rings is 1. The highest BCUT2D eigenvalue weighted by Crippen LogP contribution is 2.26. The number of anilines is 2. The minimum Gasteiger partial charge on any atom is -0.506 e. The van der Waals surface area contributed by atoms with Crippen LogP contribution in [0.1, 0.15) is 32.0 Å². The molecule has 22 heavy (non-hydrogen) atoms. The molecule has 0 unspecified atom stereocenters. The van der Waals surface area contributed by atoms with E-state index in [0.29, 0.717) is 11.4 Å². The number of aromatic hydroxyl groups is 1. The van der Waals surface area contributed by atoms with E-state index in [4.69, 9.17) is 11.6 Å². The lowest BCUT2D eigenvalue weighted by atomic mass is 10.2. The van der Waals surface area contributed by atoms with Crippen LogP contribution in [-0.2, 0) is 0 Å². The summed E-state index contributed by atoms with van der Waals surface area (Å²) in [7, 11) is 0. The Balaban J connectivity index is 2.06. The van der Waals surface area contributed by atoms with E-state index in [-0.39, 0.29) is 16.8 Å². The van der Waals surface area contributed by atoms with Gasteiger partial charge in [0.05, 0.1) is 22.6 Å². The first kappa shape index (κ1) is 16.2. The van der Waals surface area contributed by atoms with Crippen molar-refractivity contribution in [3.05, 3.63) is 35.1 Å². The minimum atomic E-state index is -0.395. The van der Waals surface area contributed by atoms with Crippen molar-refractivity contribution in [2.45, 2.75) is 33.2 Å². The fourth-order valence-electron chi connectivity index (χ4n) is 2.03. The van der Waals surface area contributed by atoms with Crippen LogP contribution >= 0.6 is 11.6 Å². The zero-order chi connectivity index (χ0) is 16.3. The summed E-state index contributed by atoms with van der Waals surface area (Å²) in [5.74, 6) is -0.0294. The van der Waals surface area contributed by atoms with E-state index < -0.39 is 6.03 Å². The van der Waals surface area contributed by atoms with Gasteiger partial charge in [0.1, 0.15) is 5.75 Å². The maximum absolute atomic E-state index is 12.0. The summed E-state index contributed by atoms with van der Waals surface area (Å²) >= 11 is 5.80. The second-order valence-electron chi connectivity index (χ2n) is 5.09. The third kappa shape index (κ3) is 3.51. The van der Waals surface area contributed by atoms with Crippen LogP contribution in [0.3, 0.4) is 0 Å². The van der Waals surface area contributed by atoms with Crippen LogP contribution in [0.15, 0.2) is 24.4 Å². The molecule has 2 rings (SSSR count). The molecule has 0 bridgehead atoms. The predicted octanol–water partition coefficient (Wildman–Crippen LogP) is 4.17. The first-order valence-corrected chi connectivity index (χ1v) is 7.40. The van der Waals surface area contributed by atoms with Gasteiger partial charge in [0.2, 0.25) is 0 Å². The van der Waals surface area contributed by atoms with Gasteiger partial charge in [-0.1, -0.05) is 18.5 Å². The third-order valence-corrected chi connectivity index (χ3v) is 3.81. The van der Waals surface area contributed by atoms with E-state index in [1.54, 1.807) is 12.3 Å². The van der Waals surface area contributed by atoms with Crippen molar-refractivity contribution in [1.82, 2.24) is 9.78 Å². The fourth-order valence-corrected chi connectivity index (χ4v) is 2.21. The summed E-state index contributed by atoms with van der Waals surface area (Å²) in [6.45, 7) is 6.06. The molecule has 0 fully saturated rings. The van der Waals surface area contributed by atoms with Gasteiger partial charge >= 0.3 is 6.03 Å². The molecule has 3 N–H and O–H groups in total. The molecule has 0 saturated carbocycles. The normalized spacial score (nSPS) is 12.0. The van der Waals surface area contributed by atoms with Crippen LogP contribution in [0.4, 0.5) is 16.2 Å². The fraction of sp³-hybridized carbons (Fsp3) is 0.333. The third-order valence-electron chi connectivity index (χ3n) is 3.51. The molecule has 0 spiro atoms. The van der Waals surface area contributed by atoms with Crippen molar-refractivity contribution in [3.63, 3.8) is 0 Å². The van der Waals surface area contributed by atoms with Gasteiger partial charge in [-0.2, -0.15) is 5.10 Å². The molecule has 2 amide bonds. The Morgan fingerprint density at radius 3 is 2.82 bits per heavy atom. The highest BCUT2D eigenvalue weighted by Gasteiger charge is 2.13. The van der Waals surface area contributed by atoms with Crippen molar-refractivity contribution >= 4 is 29.0 Å². The van der Waals surface area contributed by atoms with Gasteiger partial charge in [-0.05, 0) is 38.5 Å². The molecule has 0 aliphatic rings. The van der Waals surface area contributed by atoms with Crippen molar-refractivity contribution in [1.29, 1.82) is 0 Å². The standard InChI is InChI=1S/C15H19ClN4O2/c1-4-9(2)20-10(3)13(8-17-20)19-15(22)18-11-5-6-14(21)12(16)7-11/h5-9,21H,4H2,1-3H3,(H2,18,19,22)/t9-/m0/s1. The smallest absolute Gasteiger partial charge is 0.323 e. The lowest BCUT2D eigenvalue weighted by molar-refractivity contribution is 0.262. The number of rotatable bonds is 4. The number of aromatic nitrogens is 2. The maximum atomic E-state index is 12.0. The maximum Gasteiger partial charge on any atom is 0.323 e. The number of hydrogen-bond acceptors (Lipinski definition) is 3. The monoisotopic (exact) mass is 322 g/mol. The number of halogens is 1. The van der Waals surface area contributed by atoms with Crippen molar-refractivity contribution < 1.29 is 9.90 Å². The summed E-state index contributed by atoms with van der Waals surface area (Å²) in [5.41, 5.74) is 2.04. The van der Waals surface area contributed by atoms with Gasteiger partial charge in [-0.3, -0.25) is 4.68 Å². The number of phenols is 1. The van der Waals surface area contributed by atoms with Crippen LogP contribution in [0.2, 0.25) is 5.02 Å². The average molecular weight is 323 g/mol. The van der Waals surface area contributed by atoms with Gasteiger partial charge < -0.3 is 15.7 Å². The van der Waals surface area contributed by atoms with E-state index in [1.165, 1.54) is 12.1 Å². The highest BCUT2D eigenvalue weighted by atomic mass is 35.5. The Morgan fingerprint density at radius 2 is 2.18 bits per heavy atom. The van der Waals surface area contributed by atoms with E-state index in [9.17, 15) is 9.90 Å². The zero-order valence-corrected chi connectivity index (χ0v) is 13.5. The van der Waals surface area contributed by atoms with Crippen molar-refractivity contribution in [3.8, 4) is 5.75 Å². The number of carbonyl (C=O) groups excluding carboxylic acids is 1. The van der Waals surface area contributed by atoms with Gasteiger partial charge in [0, 0.05) is 11.7 Å². The largest absolute Gasteiger partial charge is 0.506 e. The second-order valence-corrected chi connectivity index (χ2v) is 5.50. The molecule has 1 heterocycles. The van der Waals surface area contributed by atoms with Gasteiger partial charge in [-0.25, -0.2) is 4.79 Å². The number of urea groups is 1. The van der Waals surface area contributed by atoms with Crippen LogP contribution in [0.5, 0.6) is 5.75 Å². The lowest BCUT2D eigenvalue weighted by Gasteiger charge is -2.12. The molecular formula is C15H19ClN4O2. The van der Waals surface area contributed by atoms with Gasteiger partial charge in [-0.15, -0.1) is 0 Å². The number of carbonyl (C=O) groups is 1. The molecule has 1 aromatic heterocycles. The van der Waals surface area contributed by atoms with Crippen LogP contribution in [-0.4, -0.2) is 20.9 Å². The molecule has 0 aliphatic carbocycles. The molecule has 6 nitrogen and oxygen atoms in total. The lowest BCUT2D eigenvalue weighted by Crippen LogP contribution is -2.20. The summed E-state index contributed by atoms with van der Waals surface area (Å²) in [6, 6.07) is 4.34. The van der Waals surface area contributed by atoms with Crippen LogP contribution < -0.4 is 10.6 Å². The Bertz CT molecular complexity index is 684. The Kier molecular flexibility index (Phi) is 4.92. The molecule has 0 saturated heterocycles. The molecule has 1 aromatic carbocycles. The van der Waals surface area contributed by atoms with Crippen LogP contribution in [0.25, 0.3) is 0 Å². The Hall–Kier alpha value is -2.21. The second kappa shape index (κ2) is 6.70. The van der Waals surface area contributed by atoms with Crippen molar-refractivity contribution in [2.24, 2.45) is 0 Å². The number of nitrogens with one attached hydrogen (secondary N) is 2. The minimum absolute atomic E-state index is 0.0294. The average Bonchev–Trinajstić information content (AvgIpc) is 2.83. The van der Waals surface area contributed by atoms with Gasteiger partial charge in [0.25, 0.3) is 0 Å². The number of amides is 2. The Labute approximate surface area is 134 Å². The molecule has 0 radical (unpaired) electrons. The summed E-state index contributed by atoms with van der Waals surface area (Å²) in [6.07, 6.45) is 2.59. The van der Waals surface area contributed by atoms with Crippen molar-refractivity contribution in [2.75, 3.05) is 10.6 Å². The van der Waals surface area contributed by atoms with E-state index in [0.717, 1.165) is 12.1 Å². The van der Waals surface area contributed by atoms with E-state index >= 15 is 0 Å². The molecule has 2 aromatic rings. The highest BCUT2D eigenvalue weighted by molar-refractivity contribution is 6.32. The summed E-state index contributed by atoms with van der Waals surface area (Å²) in [5, 5.41) is 19.2. The Morgan fingerprint density at radius 1 is 1.45 bits per heavy atom. The summed E-state index contributed by atoms with van der Waals surface area (Å²) in [4.78, 5) is 12.0. The van der Waals surface area contributed by atoms with Gasteiger partial charge in [0.15, 0.2) is 0 Å². The SMILES string of the molecule is CC[C@H](C)n1ncc(NC(=O)Nc2ccc(O)c(Cl)c2)c1C. The number of phenolic OH excluding ortho intramolecular Hbond substituents is 1. The number of hydrogen-bond donors (Lipinski definition) is 3.